The van der Waals surface area contributed by atoms with Crippen molar-refractivity contribution in [3.63, 3.8) is 0 Å². The lowest BCUT2D eigenvalue weighted by atomic mass is 9.86. The Bertz CT molecular complexity index is 2800. The SMILES string of the molecule is Brc1ccc2c(c1)c1cc(Br)ccc1n2-c1cc(-c2cc3c(c4ccccc24)CCC=C3)cc(-c2cc3ccccc3c3ccccc23)c1. The van der Waals surface area contributed by atoms with Crippen molar-refractivity contribution in [2.45, 2.75) is 12.8 Å². The van der Waals surface area contributed by atoms with E-state index in [1.54, 1.807) is 0 Å². The van der Waals surface area contributed by atoms with Crippen LogP contribution in [0.3, 0.4) is 0 Å². The van der Waals surface area contributed by atoms with Gasteiger partial charge in [-0.1, -0.05) is 117 Å². The molecule has 0 atom stereocenters. The molecular formula is C46H29Br2N. The molecule has 0 bridgehead atoms. The van der Waals surface area contributed by atoms with Crippen LogP contribution in [0.2, 0.25) is 0 Å². The van der Waals surface area contributed by atoms with E-state index in [-0.39, 0.29) is 0 Å². The van der Waals surface area contributed by atoms with Gasteiger partial charge in [0.25, 0.3) is 0 Å². The average molecular weight is 756 g/mol. The van der Waals surface area contributed by atoms with Gasteiger partial charge in [-0.15, -0.1) is 0 Å². The summed E-state index contributed by atoms with van der Waals surface area (Å²) < 4.78 is 4.59. The number of aromatic nitrogens is 1. The Morgan fingerprint density at radius 3 is 1.73 bits per heavy atom. The highest BCUT2D eigenvalue weighted by atomic mass is 79.9. The van der Waals surface area contributed by atoms with E-state index in [4.69, 9.17) is 0 Å². The molecule has 0 amide bonds. The summed E-state index contributed by atoms with van der Waals surface area (Å²) in [7, 11) is 0. The smallest absolute Gasteiger partial charge is 0.0541 e. The van der Waals surface area contributed by atoms with Crippen molar-refractivity contribution in [1.29, 1.82) is 0 Å². The molecule has 0 unspecified atom stereocenters. The molecule has 10 rings (SSSR count). The van der Waals surface area contributed by atoms with E-state index < -0.39 is 0 Å². The van der Waals surface area contributed by atoms with Crippen molar-refractivity contribution in [3.05, 3.63) is 166 Å². The van der Waals surface area contributed by atoms with Crippen molar-refractivity contribution >= 4 is 92.1 Å². The van der Waals surface area contributed by atoms with E-state index in [0.29, 0.717) is 0 Å². The fourth-order valence-corrected chi connectivity index (χ4v) is 8.87. The van der Waals surface area contributed by atoms with E-state index >= 15 is 0 Å². The van der Waals surface area contributed by atoms with Gasteiger partial charge in [0.1, 0.15) is 0 Å². The zero-order valence-electron chi connectivity index (χ0n) is 26.6. The van der Waals surface area contributed by atoms with E-state index in [9.17, 15) is 0 Å². The summed E-state index contributed by atoms with van der Waals surface area (Å²) in [6.45, 7) is 0. The van der Waals surface area contributed by atoms with E-state index in [2.05, 4.69) is 188 Å². The summed E-state index contributed by atoms with van der Waals surface area (Å²) in [6.07, 6.45) is 6.80. The molecule has 0 saturated carbocycles. The van der Waals surface area contributed by atoms with Crippen LogP contribution < -0.4 is 0 Å². The number of benzene rings is 8. The summed E-state index contributed by atoms with van der Waals surface area (Å²) in [6, 6.07) is 51.9. The molecule has 8 aromatic carbocycles. The molecule has 0 saturated heterocycles. The highest BCUT2D eigenvalue weighted by molar-refractivity contribution is 9.10. The number of hydrogen-bond acceptors (Lipinski definition) is 0. The Morgan fingerprint density at radius 2 is 1.04 bits per heavy atom. The molecule has 3 heteroatoms. The third-order valence-electron chi connectivity index (χ3n) is 10.3. The minimum absolute atomic E-state index is 1.07. The summed E-state index contributed by atoms with van der Waals surface area (Å²) in [4.78, 5) is 0. The fraction of sp³-hybridized carbons (Fsp3) is 0.0435. The molecule has 0 fully saturated rings. The van der Waals surface area contributed by atoms with Crippen LogP contribution in [0.25, 0.3) is 88.1 Å². The first-order valence-electron chi connectivity index (χ1n) is 16.8. The Labute approximate surface area is 301 Å². The van der Waals surface area contributed by atoms with Gasteiger partial charge in [-0.2, -0.15) is 0 Å². The van der Waals surface area contributed by atoms with Gasteiger partial charge in [0, 0.05) is 25.4 Å². The van der Waals surface area contributed by atoms with E-state index in [1.165, 1.54) is 87.5 Å². The van der Waals surface area contributed by atoms with Gasteiger partial charge in [0.05, 0.1) is 11.0 Å². The lowest BCUT2D eigenvalue weighted by Crippen LogP contribution is -1.99. The highest BCUT2D eigenvalue weighted by Crippen LogP contribution is 2.43. The fourth-order valence-electron chi connectivity index (χ4n) is 8.15. The van der Waals surface area contributed by atoms with Gasteiger partial charge in [-0.05, 0) is 145 Å². The van der Waals surface area contributed by atoms with Crippen LogP contribution >= 0.6 is 31.9 Å². The normalized spacial score (nSPS) is 12.9. The number of hydrogen-bond donors (Lipinski definition) is 0. The lowest BCUT2D eigenvalue weighted by Gasteiger charge is -2.20. The van der Waals surface area contributed by atoms with Gasteiger partial charge >= 0.3 is 0 Å². The number of fused-ring (bicyclic) bond motifs is 9. The quantitative estimate of drug-likeness (QED) is 0.158. The summed E-state index contributed by atoms with van der Waals surface area (Å²) in [5.74, 6) is 0. The summed E-state index contributed by atoms with van der Waals surface area (Å²) in [5.41, 5.74) is 11.2. The standard InChI is InChI=1S/C46H29Br2N/c47-32-17-19-45-43(26-32)44-27-33(48)18-20-46(44)49(45)34-22-30(41-24-28-9-1-3-11-35(28)37-13-5-7-15-39(37)41)21-31(23-34)42-25-29-10-2-4-12-36(29)38-14-6-8-16-40(38)42/h1-3,5-11,13-27H,4,12H2. The maximum absolute atomic E-state index is 3.76. The Hall–Kier alpha value is -4.96. The first-order valence-corrected chi connectivity index (χ1v) is 18.4. The Balaban J connectivity index is 1.34. The molecule has 1 aromatic heterocycles. The van der Waals surface area contributed by atoms with Crippen molar-refractivity contribution in [2.75, 3.05) is 0 Å². The second kappa shape index (κ2) is 11.3. The van der Waals surface area contributed by atoms with Gasteiger partial charge in [0.15, 0.2) is 0 Å². The van der Waals surface area contributed by atoms with Crippen LogP contribution in [0.5, 0.6) is 0 Å². The van der Waals surface area contributed by atoms with Crippen molar-refractivity contribution in [1.82, 2.24) is 4.57 Å². The van der Waals surface area contributed by atoms with E-state index in [1.807, 2.05) is 0 Å². The van der Waals surface area contributed by atoms with Crippen LogP contribution in [0.1, 0.15) is 17.5 Å². The van der Waals surface area contributed by atoms with Crippen LogP contribution in [0, 0.1) is 0 Å². The summed E-state index contributed by atoms with van der Waals surface area (Å²) >= 11 is 7.51. The molecule has 1 aliphatic rings. The topological polar surface area (TPSA) is 4.93 Å². The third-order valence-corrected chi connectivity index (χ3v) is 11.3. The maximum Gasteiger partial charge on any atom is 0.0541 e. The van der Waals surface area contributed by atoms with Crippen LogP contribution in [0.15, 0.2) is 155 Å². The average Bonchev–Trinajstić information content (AvgIpc) is 3.46. The first-order chi connectivity index (χ1) is 24.1. The van der Waals surface area contributed by atoms with Crippen LogP contribution in [0.4, 0.5) is 0 Å². The number of halogens is 2. The largest absolute Gasteiger partial charge is 0.309 e. The van der Waals surface area contributed by atoms with Crippen molar-refractivity contribution in [3.8, 4) is 27.9 Å². The summed E-state index contributed by atoms with van der Waals surface area (Å²) in [5, 5.41) is 10.2. The molecule has 9 aromatic rings. The molecule has 49 heavy (non-hydrogen) atoms. The number of nitrogens with zero attached hydrogens (tertiary/aromatic N) is 1. The molecule has 1 aliphatic carbocycles. The number of aryl methyl sites for hydroxylation is 1. The third kappa shape index (κ3) is 4.64. The van der Waals surface area contributed by atoms with Crippen LogP contribution in [-0.2, 0) is 6.42 Å². The minimum Gasteiger partial charge on any atom is -0.309 e. The predicted octanol–water partition coefficient (Wildman–Crippen LogP) is 14.1. The second-order valence-electron chi connectivity index (χ2n) is 13.1. The predicted molar refractivity (Wildman–Crippen MR) is 217 cm³/mol. The first kappa shape index (κ1) is 29.0. The molecule has 0 radical (unpaired) electrons. The molecular weight excluding hydrogens is 726 g/mol. The lowest BCUT2D eigenvalue weighted by molar-refractivity contribution is 0.997. The monoisotopic (exact) mass is 753 g/mol. The zero-order chi connectivity index (χ0) is 32.6. The van der Waals surface area contributed by atoms with Gasteiger partial charge in [-0.25, -0.2) is 0 Å². The molecule has 232 valence electrons. The molecule has 0 N–H and O–H groups in total. The van der Waals surface area contributed by atoms with Crippen molar-refractivity contribution < 1.29 is 0 Å². The van der Waals surface area contributed by atoms with E-state index in [0.717, 1.165) is 27.5 Å². The highest BCUT2D eigenvalue weighted by Gasteiger charge is 2.19. The molecule has 0 aliphatic heterocycles. The molecule has 0 spiro atoms. The zero-order valence-corrected chi connectivity index (χ0v) is 29.7. The second-order valence-corrected chi connectivity index (χ2v) is 14.9. The molecule has 1 nitrogen and oxygen atoms in total. The number of rotatable bonds is 3. The maximum atomic E-state index is 3.76. The minimum atomic E-state index is 1.07. The Kier molecular flexibility index (Phi) is 6.69. The van der Waals surface area contributed by atoms with Gasteiger partial charge in [-0.3, -0.25) is 0 Å². The number of allylic oxidation sites excluding steroid dienone is 1. The van der Waals surface area contributed by atoms with Gasteiger partial charge in [0.2, 0.25) is 0 Å². The van der Waals surface area contributed by atoms with Crippen molar-refractivity contribution in [2.24, 2.45) is 0 Å². The van der Waals surface area contributed by atoms with Gasteiger partial charge < -0.3 is 4.57 Å². The Morgan fingerprint density at radius 1 is 0.469 bits per heavy atom. The molecule has 1 heterocycles. The van der Waals surface area contributed by atoms with Crippen LogP contribution in [-0.4, -0.2) is 4.57 Å².